The Morgan fingerprint density at radius 3 is 2.76 bits per heavy atom. The van der Waals surface area contributed by atoms with Crippen LogP contribution < -0.4 is 15.5 Å². The fourth-order valence-corrected chi connectivity index (χ4v) is 4.42. The number of thiophene rings is 1. The molecule has 0 unspecified atom stereocenters. The highest BCUT2D eigenvalue weighted by atomic mass is 35.5. The van der Waals surface area contributed by atoms with E-state index in [4.69, 9.17) is 16.3 Å². The summed E-state index contributed by atoms with van der Waals surface area (Å²) in [6, 6.07) is 11.3. The standard InChI is InChI=1S/C18H22ClN3O2S/c1-13(20-18(23)21-15-5-2-4-14(19)12-15)17(16-6-3-11-25-16)22-7-9-24-10-8-22/h2-6,11-13,17H,7-10H2,1H3,(H2,20,21,23)/p+1/t13-,17-/m1/s1. The van der Waals surface area contributed by atoms with Crippen molar-refractivity contribution in [1.82, 2.24) is 5.32 Å². The van der Waals surface area contributed by atoms with Gasteiger partial charge in [0.1, 0.15) is 19.1 Å². The van der Waals surface area contributed by atoms with Crippen LogP contribution in [0.4, 0.5) is 10.5 Å². The number of ether oxygens (including phenoxy) is 1. The number of quaternary nitrogens is 1. The number of benzene rings is 1. The van der Waals surface area contributed by atoms with Gasteiger partial charge in [-0.15, -0.1) is 11.3 Å². The van der Waals surface area contributed by atoms with Gasteiger partial charge in [-0.2, -0.15) is 0 Å². The van der Waals surface area contributed by atoms with Gasteiger partial charge in [0.05, 0.1) is 24.1 Å². The lowest BCUT2D eigenvalue weighted by atomic mass is 10.1. The Kier molecular flexibility index (Phi) is 6.31. The van der Waals surface area contributed by atoms with Gasteiger partial charge in [-0.1, -0.05) is 23.7 Å². The number of morpholine rings is 1. The van der Waals surface area contributed by atoms with E-state index in [1.54, 1.807) is 23.5 Å². The summed E-state index contributed by atoms with van der Waals surface area (Å²) in [4.78, 5) is 15.1. The first kappa shape index (κ1) is 18.2. The van der Waals surface area contributed by atoms with E-state index in [0.717, 1.165) is 26.3 Å². The molecule has 2 atom stereocenters. The van der Waals surface area contributed by atoms with Crippen LogP contribution in [0.1, 0.15) is 17.8 Å². The molecule has 134 valence electrons. The molecule has 5 nitrogen and oxygen atoms in total. The van der Waals surface area contributed by atoms with E-state index in [1.807, 2.05) is 12.1 Å². The maximum absolute atomic E-state index is 12.4. The fraction of sp³-hybridized carbons (Fsp3) is 0.389. The minimum Gasteiger partial charge on any atom is -0.370 e. The third kappa shape index (κ3) is 4.95. The zero-order valence-electron chi connectivity index (χ0n) is 14.1. The van der Waals surface area contributed by atoms with Crippen LogP contribution in [0.3, 0.4) is 0 Å². The summed E-state index contributed by atoms with van der Waals surface area (Å²) < 4.78 is 5.49. The SMILES string of the molecule is C[C@@H](NC(=O)Nc1cccc(Cl)c1)[C@H](c1cccs1)[NH+]1CCOCC1. The summed E-state index contributed by atoms with van der Waals surface area (Å²) in [5.41, 5.74) is 0.684. The van der Waals surface area contributed by atoms with Crippen molar-refractivity contribution in [3.63, 3.8) is 0 Å². The smallest absolute Gasteiger partial charge is 0.319 e. The molecule has 1 aliphatic heterocycles. The van der Waals surface area contributed by atoms with E-state index in [-0.39, 0.29) is 18.1 Å². The molecule has 0 radical (unpaired) electrons. The van der Waals surface area contributed by atoms with Crippen molar-refractivity contribution in [3.8, 4) is 0 Å². The van der Waals surface area contributed by atoms with E-state index in [2.05, 4.69) is 35.1 Å². The van der Waals surface area contributed by atoms with Crippen LogP contribution in [-0.4, -0.2) is 38.4 Å². The fourth-order valence-electron chi connectivity index (χ4n) is 3.24. The van der Waals surface area contributed by atoms with Crippen molar-refractivity contribution < 1.29 is 14.4 Å². The van der Waals surface area contributed by atoms with Crippen LogP contribution in [0.25, 0.3) is 0 Å². The Labute approximate surface area is 156 Å². The summed E-state index contributed by atoms with van der Waals surface area (Å²) in [7, 11) is 0. The number of urea groups is 1. The summed E-state index contributed by atoms with van der Waals surface area (Å²) in [6.45, 7) is 5.48. The molecule has 1 saturated heterocycles. The predicted molar refractivity (Wildman–Crippen MR) is 102 cm³/mol. The van der Waals surface area contributed by atoms with Crippen molar-refractivity contribution in [2.75, 3.05) is 31.6 Å². The zero-order valence-corrected chi connectivity index (χ0v) is 15.7. The molecular formula is C18H23ClN3O2S+. The molecule has 0 saturated carbocycles. The van der Waals surface area contributed by atoms with E-state index in [9.17, 15) is 4.79 Å². The predicted octanol–water partition coefficient (Wildman–Crippen LogP) is 2.57. The molecule has 1 aromatic heterocycles. The van der Waals surface area contributed by atoms with Gasteiger partial charge in [0.25, 0.3) is 0 Å². The van der Waals surface area contributed by atoms with Crippen molar-refractivity contribution in [3.05, 3.63) is 51.7 Å². The van der Waals surface area contributed by atoms with E-state index >= 15 is 0 Å². The second-order valence-corrected chi connectivity index (χ2v) is 7.58. The number of carbonyl (C=O) groups excluding carboxylic acids is 1. The number of anilines is 1. The Morgan fingerprint density at radius 1 is 1.28 bits per heavy atom. The molecule has 1 aliphatic rings. The molecule has 1 aromatic carbocycles. The molecule has 7 heteroatoms. The van der Waals surface area contributed by atoms with Crippen molar-refractivity contribution in [2.45, 2.75) is 19.0 Å². The molecule has 0 bridgehead atoms. The third-order valence-corrected chi connectivity index (χ3v) is 5.56. The van der Waals surface area contributed by atoms with Gasteiger partial charge in [0.2, 0.25) is 0 Å². The monoisotopic (exact) mass is 380 g/mol. The number of amides is 2. The minimum atomic E-state index is -0.219. The molecule has 25 heavy (non-hydrogen) atoms. The highest BCUT2D eigenvalue weighted by Crippen LogP contribution is 2.20. The van der Waals surface area contributed by atoms with Gasteiger partial charge in [-0.05, 0) is 36.6 Å². The lowest BCUT2D eigenvalue weighted by molar-refractivity contribution is -0.939. The number of halogens is 1. The summed E-state index contributed by atoms with van der Waals surface area (Å²) in [6.07, 6.45) is 0. The first-order valence-electron chi connectivity index (χ1n) is 8.42. The molecule has 1 fully saturated rings. The van der Waals surface area contributed by atoms with Crippen molar-refractivity contribution in [2.24, 2.45) is 0 Å². The van der Waals surface area contributed by atoms with Gasteiger partial charge in [-0.3, -0.25) is 0 Å². The van der Waals surface area contributed by atoms with Gasteiger partial charge >= 0.3 is 6.03 Å². The number of hydrogen-bond donors (Lipinski definition) is 3. The Bertz CT molecular complexity index is 689. The molecule has 2 heterocycles. The summed E-state index contributed by atoms with van der Waals surface area (Å²) >= 11 is 7.70. The van der Waals surface area contributed by atoms with Crippen molar-refractivity contribution in [1.29, 1.82) is 0 Å². The van der Waals surface area contributed by atoms with E-state index < -0.39 is 0 Å². The van der Waals surface area contributed by atoms with Gasteiger partial charge in [0.15, 0.2) is 0 Å². The van der Waals surface area contributed by atoms with Crippen LogP contribution in [0.5, 0.6) is 0 Å². The van der Waals surface area contributed by atoms with Crippen LogP contribution in [0, 0.1) is 0 Å². The Balaban J connectivity index is 1.67. The molecular weight excluding hydrogens is 358 g/mol. The maximum Gasteiger partial charge on any atom is 0.319 e. The number of nitrogens with one attached hydrogen (secondary N) is 3. The average molecular weight is 381 g/mol. The second kappa shape index (κ2) is 8.67. The van der Waals surface area contributed by atoms with Gasteiger partial charge in [-0.25, -0.2) is 4.79 Å². The number of hydrogen-bond acceptors (Lipinski definition) is 3. The molecule has 3 N–H and O–H groups in total. The highest BCUT2D eigenvalue weighted by molar-refractivity contribution is 7.10. The second-order valence-electron chi connectivity index (χ2n) is 6.16. The third-order valence-electron chi connectivity index (χ3n) is 4.37. The number of rotatable bonds is 5. The lowest BCUT2D eigenvalue weighted by Gasteiger charge is -2.34. The van der Waals surface area contributed by atoms with E-state index in [1.165, 1.54) is 9.78 Å². The zero-order chi connectivity index (χ0) is 17.6. The van der Waals surface area contributed by atoms with Crippen molar-refractivity contribution >= 4 is 34.7 Å². The molecule has 0 spiro atoms. The minimum absolute atomic E-state index is 0.00839. The topological polar surface area (TPSA) is 54.8 Å². The van der Waals surface area contributed by atoms with Crippen LogP contribution in [0.15, 0.2) is 41.8 Å². The molecule has 0 aliphatic carbocycles. The van der Waals surface area contributed by atoms with Crippen LogP contribution in [0.2, 0.25) is 5.02 Å². The highest BCUT2D eigenvalue weighted by Gasteiger charge is 2.33. The quantitative estimate of drug-likeness (QED) is 0.746. The summed E-state index contributed by atoms with van der Waals surface area (Å²) in [5, 5.41) is 8.62. The van der Waals surface area contributed by atoms with E-state index in [0.29, 0.717) is 10.7 Å². The Hall–Kier alpha value is -1.60. The van der Waals surface area contributed by atoms with Gasteiger partial charge < -0.3 is 20.3 Å². The summed E-state index contributed by atoms with van der Waals surface area (Å²) in [5.74, 6) is 0. The van der Waals surface area contributed by atoms with Gasteiger partial charge in [0, 0.05) is 10.7 Å². The largest absolute Gasteiger partial charge is 0.370 e. The Morgan fingerprint density at radius 2 is 2.08 bits per heavy atom. The average Bonchev–Trinajstić information content (AvgIpc) is 3.10. The molecule has 2 amide bonds. The normalized spacial score (nSPS) is 17.7. The molecule has 3 rings (SSSR count). The molecule has 2 aromatic rings. The number of carbonyl (C=O) groups is 1. The first-order valence-corrected chi connectivity index (χ1v) is 9.68. The first-order chi connectivity index (χ1) is 12.1. The van der Waals surface area contributed by atoms with Crippen LogP contribution in [-0.2, 0) is 4.74 Å². The lowest BCUT2D eigenvalue weighted by Crippen LogP contribution is -3.15. The van der Waals surface area contributed by atoms with Crippen LogP contribution >= 0.6 is 22.9 Å². The maximum atomic E-state index is 12.4.